The number of imidazole rings is 2. The van der Waals surface area contributed by atoms with E-state index in [9.17, 15) is 0 Å². The van der Waals surface area contributed by atoms with Crippen molar-refractivity contribution in [2.24, 2.45) is 0 Å². The average Bonchev–Trinajstić information content (AvgIpc) is 3.79. The van der Waals surface area contributed by atoms with E-state index in [2.05, 4.69) is 125 Å². The molecule has 0 saturated carbocycles. The van der Waals surface area contributed by atoms with Crippen molar-refractivity contribution in [1.82, 2.24) is 23.8 Å². The molecule has 0 saturated heterocycles. The molecule has 6 heteroatoms. The van der Waals surface area contributed by atoms with E-state index in [1.165, 1.54) is 33.2 Å². The van der Waals surface area contributed by atoms with Crippen molar-refractivity contribution >= 4 is 54.8 Å². The van der Waals surface area contributed by atoms with E-state index in [0.717, 1.165) is 55.4 Å². The third-order valence-electron chi connectivity index (χ3n) is 9.49. The molecule has 6 nitrogen and oxygen atoms in total. The fourth-order valence-electron chi connectivity index (χ4n) is 7.38. The Labute approximate surface area is 271 Å². The number of hydrogen-bond acceptors (Lipinski definition) is 4. The van der Waals surface area contributed by atoms with Crippen molar-refractivity contribution in [3.05, 3.63) is 127 Å². The lowest BCUT2D eigenvalue weighted by molar-refractivity contribution is 0.484. The fraction of sp³-hybridized carbons (Fsp3) is 0.146. The maximum Gasteiger partial charge on any atom is 0.145 e. The van der Waals surface area contributed by atoms with Crippen LogP contribution in [0.1, 0.15) is 50.7 Å². The molecule has 0 fully saturated rings. The Kier molecular flexibility index (Phi) is 6.09. The molecule has 0 amide bonds. The molecule has 5 heterocycles. The Morgan fingerprint density at radius 3 is 1.91 bits per heavy atom. The number of benzene rings is 4. The first-order valence-electron chi connectivity index (χ1n) is 16.2. The van der Waals surface area contributed by atoms with Gasteiger partial charge in [-0.1, -0.05) is 64.1 Å². The van der Waals surface area contributed by atoms with Crippen LogP contribution in [-0.4, -0.2) is 23.8 Å². The van der Waals surface area contributed by atoms with Gasteiger partial charge < -0.3 is 4.74 Å². The van der Waals surface area contributed by atoms with Gasteiger partial charge in [-0.25, -0.2) is 9.97 Å². The highest BCUT2D eigenvalue weighted by atomic mass is 16.5. The average molecular weight is 612 g/mol. The molecule has 5 aromatic heterocycles. The summed E-state index contributed by atoms with van der Waals surface area (Å²) < 4.78 is 10.9. The zero-order chi connectivity index (χ0) is 31.8. The third-order valence-corrected chi connectivity index (χ3v) is 9.49. The van der Waals surface area contributed by atoms with E-state index in [4.69, 9.17) is 9.72 Å². The van der Waals surface area contributed by atoms with Crippen molar-refractivity contribution in [3.63, 3.8) is 0 Å². The van der Waals surface area contributed by atoms with Gasteiger partial charge in [-0.3, -0.25) is 13.8 Å². The van der Waals surface area contributed by atoms with E-state index in [0.29, 0.717) is 11.8 Å². The van der Waals surface area contributed by atoms with Crippen molar-refractivity contribution in [3.8, 4) is 22.6 Å². The van der Waals surface area contributed by atoms with Crippen molar-refractivity contribution in [1.29, 1.82) is 0 Å². The maximum absolute atomic E-state index is 6.55. The summed E-state index contributed by atoms with van der Waals surface area (Å²) in [6.07, 6.45) is 9.62. The smallest absolute Gasteiger partial charge is 0.145 e. The van der Waals surface area contributed by atoms with Gasteiger partial charge in [-0.2, -0.15) is 0 Å². The summed E-state index contributed by atoms with van der Waals surface area (Å²) in [5, 5.41) is 5.43. The third kappa shape index (κ3) is 4.14. The second kappa shape index (κ2) is 10.4. The van der Waals surface area contributed by atoms with E-state index >= 15 is 0 Å². The molecule has 47 heavy (non-hydrogen) atoms. The number of para-hydroxylation sites is 1. The highest BCUT2D eigenvalue weighted by Crippen LogP contribution is 2.42. The van der Waals surface area contributed by atoms with Gasteiger partial charge in [-0.15, -0.1) is 0 Å². The first kappa shape index (κ1) is 27.6. The van der Waals surface area contributed by atoms with Gasteiger partial charge in [0, 0.05) is 58.1 Å². The predicted molar refractivity (Wildman–Crippen MR) is 192 cm³/mol. The first-order chi connectivity index (χ1) is 23.0. The van der Waals surface area contributed by atoms with Crippen LogP contribution in [0, 0.1) is 0 Å². The molecule has 0 radical (unpaired) electrons. The topological polar surface area (TPSA) is 56.7 Å². The predicted octanol–water partition coefficient (Wildman–Crippen LogP) is 10.7. The quantitative estimate of drug-likeness (QED) is 0.182. The van der Waals surface area contributed by atoms with Gasteiger partial charge in [-0.05, 0) is 82.4 Å². The molecule has 0 aliphatic rings. The second-order valence-corrected chi connectivity index (χ2v) is 13.0. The number of pyridine rings is 3. The van der Waals surface area contributed by atoms with Crippen LogP contribution in [0.5, 0.6) is 11.5 Å². The molecule has 9 rings (SSSR count). The van der Waals surface area contributed by atoms with Crippen LogP contribution in [0.15, 0.2) is 116 Å². The van der Waals surface area contributed by atoms with Crippen molar-refractivity contribution in [2.45, 2.75) is 39.5 Å². The molecule has 0 unspecified atom stereocenters. The van der Waals surface area contributed by atoms with Gasteiger partial charge >= 0.3 is 0 Å². The number of fused-ring (bicyclic) bond motifs is 12. The molecule has 0 aliphatic carbocycles. The molecule has 0 N–H and O–H groups in total. The summed E-state index contributed by atoms with van der Waals surface area (Å²) in [5.41, 5.74) is 10.2. The molecule has 0 aliphatic heterocycles. The summed E-state index contributed by atoms with van der Waals surface area (Å²) in [4.78, 5) is 14.2. The normalized spacial score (nSPS) is 12.2. The minimum atomic E-state index is 0.395. The number of nitrogens with zero attached hydrogens (tertiary/aromatic N) is 5. The minimum absolute atomic E-state index is 0.395. The van der Waals surface area contributed by atoms with Gasteiger partial charge in [0.15, 0.2) is 0 Å². The maximum atomic E-state index is 6.55. The van der Waals surface area contributed by atoms with Crippen molar-refractivity contribution < 1.29 is 4.74 Å². The lowest BCUT2D eigenvalue weighted by atomic mass is 9.84. The standard InChI is InChI=1S/C41H33N5O/c1-24(2)28-8-5-9-29(25(3)4)37(28)33-11-6-10-32-30-15-13-26(22-34(30)41-44-19-21-46(41)39(32)33)47-27-14-16-31-35(23-27)40-43-18-20-45(40)36-12-7-17-42-38(31)36/h5-25H,1-4H3. The molecule has 0 atom stereocenters. The lowest BCUT2D eigenvalue weighted by Crippen LogP contribution is -2.02. The number of aromatic nitrogens is 5. The minimum Gasteiger partial charge on any atom is -0.457 e. The zero-order valence-corrected chi connectivity index (χ0v) is 26.8. The highest BCUT2D eigenvalue weighted by Gasteiger charge is 2.21. The molecule has 4 aromatic carbocycles. The Balaban J connectivity index is 1.22. The molecule has 9 aromatic rings. The first-order valence-corrected chi connectivity index (χ1v) is 16.2. The van der Waals surface area contributed by atoms with Gasteiger partial charge in [0.1, 0.15) is 22.8 Å². The summed E-state index contributed by atoms with van der Waals surface area (Å²) >= 11 is 0. The monoisotopic (exact) mass is 611 g/mol. The fourth-order valence-corrected chi connectivity index (χ4v) is 7.38. The van der Waals surface area contributed by atoms with Crippen LogP contribution in [-0.2, 0) is 0 Å². The Bertz CT molecular complexity index is 2650. The van der Waals surface area contributed by atoms with E-state index in [-0.39, 0.29) is 0 Å². The zero-order valence-electron chi connectivity index (χ0n) is 26.8. The highest BCUT2D eigenvalue weighted by molar-refractivity contribution is 6.15. The lowest BCUT2D eigenvalue weighted by Gasteiger charge is -2.22. The molecule has 228 valence electrons. The SMILES string of the molecule is CC(C)c1cccc(C(C)C)c1-c1cccc2c3ccc(Oc4ccc5c(c4)c4nccn4c4cccnc54)cc3c3nccn3c12. The Morgan fingerprint density at radius 2 is 1.19 bits per heavy atom. The molecular weight excluding hydrogens is 578 g/mol. The van der Waals surface area contributed by atoms with Crippen LogP contribution in [0.2, 0.25) is 0 Å². The van der Waals surface area contributed by atoms with Crippen LogP contribution >= 0.6 is 0 Å². The van der Waals surface area contributed by atoms with Crippen molar-refractivity contribution in [2.75, 3.05) is 0 Å². The summed E-state index contributed by atoms with van der Waals surface area (Å²) in [7, 11) is 0. The molecule has 0 spiro atoms. The second-order valence-electron chi connectivity index (χ2n) is 13.0. The summed E-state index contributed by atoms with van der Waals surface area (Å²) in [5.74, 6) is 2.29. The van der Waals surface area contributed by atoms with Crippen LogP contribution in [0.25, 0.3) is 65.9 Å². The summed E-state index contributed by atoms with van der Waals surface area (Å²) in [6.45, 7) is 9.13. The number of hydrogen-bond donors (Lipinski definition) is 0. The number of ether oxygens (including phenoxy) is 1. The van der Waals surface area contributed by atoms with Gasteiger partial charge in [0.25, 0.3) is 0 Å². The van der Waals surface area contributed by atoms with Crippen LogP contribution < -0.4 is 4.74 Å². The molecule has 0 bridgehead atoms. The van der Waals surface area contributed by atoms with Gasteiger partial charge in [0.2, 0.25) is 0 Å². The molecular formula is C41H33N5O. The Morgan fingerprint density at radius 1 is 0.553 bits per heavy atom. The Hall–Kier alpha value is -5.75. The largest absolute Gasteiger partial charge is 0.457 e. The van der Waals surface area contributed by atoms with Crippen LogP contribution in [0.3, 0.4) is 0 Å². The van der Waals surface area contributed by atoms with E-state index in [1.807, 2.05) is 36.9 Å². The van der Waals surface area contributed by atoms with E-state index < -0.39 is 0 Å². The van der Waals surface area contributed by atoms with Gasteiger partial charge in [0.05, 0.1) is 16.6 Å². The van der Waals surface area contributed by atoms with Crippen LogP contribution in [0.4, 0.5) is 0 Å². The number of rotatable bonds is 5. The van der Waals surface area contributed by atoms with E-state index in [1.54, 1.807) is 0 Å². The summed E-state index contributed by atoms with van der Waals surface area (Å²) in [6, 6.07) is 30.0.